The summed E-state index contributed by atoms with van der Waals surface area (Å²) >= 11 is 0. The Kier molecular flexibility index (Phi) is 3.92. The Bertz CT molecular complexity index is 1130. The zero-order valence-corrected chi connectivity index (χ0v) is 17.2. The van der Waals surface area contributed by atoms with Gasteiger partial charge in [-0.25, -0.2) is 9.18 Å². The van der Waals surface area contributed by atoms with Crippen LogP contribution >= 0.6 is 0 Å². The van der Waals surface area contributed by atoms with Gasteiger partial charge in [-0.1, -0.05) is 5.16 Å². The largest absolute Gasteiger partial charge is 0.447 e. The highest BCUT2D eigenvalue weighted by Gasteiger charge is 2.52. The molecule has 10 heteroatoms. The van der Waals surface area contributed by atoms with Crippen LogP contribution in [-0.2, 0) is 15.9 Å². The Hall–Kier alpha value is -3.01. The van der Waals surface area contributed by atoms with Gasteiger partial charge in [0.15, 0.2) is 11.6 Å². The van der Waals surface area contributed by atoms with E-state index in [2.05, 4.69) is 20.0 Å². The molecule has 4 aliphatic heterocycles. The Morgan fingerprint density at radius 1 is 1.26 bits per heavy atom. The molecular weight excluding hydrogens is 405 g/mol. The minimum Gasteiger partial charge on any atom is -0.447 e. The number of carbonyl (C=O) groups is 1. The number of fused-ring (bicyclic) bond motifs is 5. The molecule has 0 N–H and O–H groups in total. The second-order valence-electron chi connectivity index (χ2n) is 8.65. The molecule has 1 amide bonds. The maximum absolute atomic E-state index is 15.9. The normalized spacial score (nSPS) is 28.9. The Balaban J connectivity index is 1.56. The van der Waals surface area contributed by atoms with E-state index in [9.17, 15) is 4.79 Å². The second kappa shape index (κ2) is 6.49. The first-order valence-corrected chi connectivity index (χ1v) is 10.5. The zero-order valence-electron chi connectivity index (χ0n) is 17.2. The average Bonchev–Trinajstić information content (AvgIpc) is 3.33. The molecule has 9 nitrogen and oxygen atoms in total. The highest BCUT2D eigenvalue weighted by molar-refractivity contribution is 6.01. The van der Waals surface area contributed by atoms with Gasteiger partial charge in [0, 0.05) is 19.0 Å². The number of ether oxygens (including phenoxy) is 2. The summed E-state index contributed by atoms with van der Waals surface area (Å²) in [5, 5.41) is 4.47. The van der Waals surface area contributed by atoms with Crippen molar-refractivity contribution in [3.05, 3.63) is 17.4 Å². The molecular formula is C21H22FN5O4. The zero-order chi connectivity index (χ0) is 21.3. The van der Waals surface area contributed by atoms with Gasteiger partial charge in [-0.2, -0.15) is 0 Å². The number of morpholine rings is 1. The van der Waals surface area contributed by atoms with Crippen molar-refractivity contribution in [1.29, 1.82) is 0 Å². The number of hydrogen-bond donors (Lipinski definition) is 0. The van der Waals surface area contributed by atoms with Crippen molar-refractivity contribution in [2.75, 3.05) is 36.2 Å². The number of halogens is 1. The lowest BCUT2D eigenvalue weighted by molar-refractivity contribution is -0.0432. The summed E-state index contributed by atoms with van der Waals surface area (Å²) in [7, 11) is 0. The van der Waals surface area contributed by atoms with E-state index in [1.54, 1.807) is 0 Å². The van der Waals surface area contributed by atoms with Gasteiger partial charge >= 0.3 is 6.09 Å². The smallest absolute Gasteiger partial charge is 0.415 e. The number of rotatable bonds is 1. The van der Waals surface area contributed by atoms with Crippen molar-refractivity contribution in [3.63, 3.8) is 0 Å². The molecule has 3 atom stereocenters. The Morgan fingerprint density at radius 2 is 2.06 bits per heavy atom. The molecule has 1 aromatic carbocycles. The predicted octanol–water partition coefficient (Wildman–Crippen LogP) is 2.56. The Labute approximate surface area is 177 Å². The van der Waals surface area contributed by atoms with Crippen molar-refractivity contribution in [3.8, 4) is 0 Å². The standard InChI is InChI=1S/C21H22FN5O4/c1-11-7-27-16-13(6-21(8-23-10-24-9-21)18(27)12(2)30-11)5-14-17(15(16)22)31-25-19(14)26-3-4-29-20(26)28/h5,8-9,11-12,18H,3-4,6-7,10H2,1-2H3/t11-,12-,18+/m1/s1. The van der Waals surface area contributed by atoms with E-state index in [1.807, 2.05) is 32.3 Å². The van der Waals surface area contributed by atoms with E-state index in [-0.39, 0.29) is 36.3 Å². The van der Waals surface area contributed by atoms with Crippen LogP contribution in [-0.4, -0.2) is 68.3 Å². The summed E-state index contributed by atoms with van der Waals surface area (Å²) in [5.74, 6) is -0.185. The average molecular weight is 427 g/mol. The van der Waals surface area contributed by atoms with Gasteiger partial charge < -0.3 is 18.9 Å². The maximum atomic E-state index is 15.9. The van der Waals surface area contributed by atoms with Crippen LogP contribution in [0.2, 0.25) is 0 Å². The summed E-state index contributed by atoms with van der Waals surface area (Å²) in [6.07, 6.45) is 3.67. The number of aromatic nitrogens is 1. The fraction of sp³-hybridized carbons (Fsp3) is 0.524. The summed E-state index contributed by atoms with van der Waals surface area (Å²) in [5.41, 5.74) is 0.846. The van der Waals surface area contributed by atoms with Crippen molar-refractivity contribution >= 4 is 41.0 Å². The van der Waals surface area contributed by atoms with Gasteiger partial charge in [0.2, 0.25) is 5.58 Å². The van der Waals surface area contributed by atoms with Gasteiger partial charge in [0.1, 0.15) is 13.3 Å². The first-order valence-electron chi connectivity index (χ1n) is 10.5. The molecule has 0 radical (unpaired) electrons. The summed E-state index contributed by atoms with van der Waals surface area (Å²) in [6.45, 7) is 5.54. The summed E-state index contributed by atoms with van der Waals surface area (Å²) < 4.78 is 32.5. The van der Waals surface area contributed by atoms with Crippen LogP contribution in [0.1, 0.15) is 19.4 Å². The molecule has 0 aliphatic carbocycles. The van der Waals surface area contributed by atoms with E-state index >= 15 is 4.39 Å². The van der Waals surface area contributed by atoms with Crippen molar-refractivity contribution in [2.24, 2.45) is 15.4 Å². The van der Waals surface area contributed by atoms with Crippen molar-refractivity contribution in [2.45, 2.75) is 38.5 Å². The molecule has 0 bridgehead atoms. The molecule has 5 heterocycles. The fourth-order valence-electron chi connectivity index (χ4n) is 5.56. The molecule has 2 aromatic rings. The molecule has 31 heavy (non-hydrogen) atoms. The van der Waals surface area contributed by atoms with Crippen LogP contribution in [0.15, 0.2) is 20.6 Å². The van der Waals surface area contributed by atoms with Gasteiger partial charge in [0.05, 0.1) is 41.3 Å². The molecule has 1 aromatic heterocycles. The molecule has 0 unspecified atom stereocenters. The lowest BCUT2D eigenvalue weighted by atomic mass is 9.69. The third-order valence-corrected chi connectivity index (χ3v) is 6.60. The second-order valence-corrected chi connectivity index (χ2v) is 8.65. The number of cyclic esters (lactones) is 1. The SMILES string of the molecule is C[C@@H]1CN2c3c(cc4c(N5CCOC5=O)noc4c3F)CC3(C=NCN=C3)[C@@H]2[C@@H](C)O1. The van der Waals surface area contributed by atoms with Crippen LogP contribution in [0.25, 0.3) is 11.0 Å². The predicted molar refractivity (Wildman–Crippen MR) is 112 cm³/mol. The lowest BCUT2D eigenvalue weighted by Gasteiger charge is -2.54. The highest BCUT2D eigenvalue weighted by atomic mass is 19.1. The minimum atomic E-state index is -0.507. The third kappa shape index (κ3) is 2.57. The molecule has 2 saturated heterocycles. The van der Waals surface area contributed by atoms with E-state index in [0.717, 1.165) is 5.56 Å². The topological polar surface area (TPSA) is 92.8 Å². The molecule has 6 rings (SSSR count). The van der Waals surface area contributed by atoms with E-state index in [0.29, 0.717) is 37.3 Å². The number of amides is 1. The molecule has 2 fully saturated rings. The van der Waals surface area contributed by atoms with Crippen molar-refractivity contribution < 1.29 is 23.2 Å². The van der Waals surface area contributed by atoms with Gasteiger partial charge in [-0.15, -0.1) is 0 Å². The summed E-state index contributed by atoms with van der Waals surface area (Å²) in [4.78, 5) is 24.4. The van der Waals surface area contributed by atoms with Crippen molar-refractivity contribution in [1.82, 2.24) is 5.16 Å². The van der Waals surface area contributed by atoms with Crippen LogP contribution in [0.5, 0.6) is 0 Å². The number of anilines is 2. The quantitative estimate of drug-likeness (QED) is 0.695. The van der Waals surface area contributed by atoms with Crippen LogP contribution in [0.3, 0.4) is 0 Å². The number of carbonyl (C=O) groups excluding carboxylic acids is 1. The fourth-order valence-corrected chi connectivity index (χ4v) is 5.56. The van der Waals surface area contributed by atoms with Gasteiger partial charge in [-0.3, -0.25) is 14.9 Å². The Morgan fingerprint density at radius 3 is 2.81 bits per heavy atom. The number of benzene rings is 1. The molecule has 162 valence electrons. The number of hydrogen-bond acceptors (Lipinski definition) is 8. The first-order chi connectivity index (χ1) is 15.0. The molecule has 4 aliphatic rings. The molecule has 1 spiro atoms. The third-order valence-electron chi connectivity index (χ3n) is 6.60. The van der Waals surface area contributed by atoms with E-state index in [1.165, 1.54) is 4.90 Å². The lowest BCUT2D eigenvalue weighted by Crippen LogP contribution is -2.65. The number of nitrogens with zero attached hydrogens (tertiary/aromatic N) is 5. The highest BCUT2D eigenvalue weighted by Crippen LogP contribution is 2.48. The van der Waals surface area contributed by atoms with Crippen LogP contribution < -0.4 is 9.80 Å². The van der Waals surface area contributed by atoms with Crippen LogP contribution in [0.4, 0.5) is 20.7 Å². The summed E-state index contributed by atoms with van der Waals surface area (Å²) in [6, 6.07) is 1.73. The van der Waals surface area contributed by atoms with E-state index in [4.69, 9.17) is 14.0 Å². The van der Waals surface area contributed by atoms with Gasteiger partial charge in [0.25, 0.3) is 0 Å². The maximum Gasteiger partial charge on any atom is 0.415 e. The minimum absolute atomic E-state index is 0.0425. The van der Waals surface area contributed by atoms with Gasteiger partial charge in [-0.05, 0) is 31.9 Å². The monoisotopic (exact) mass is 427 g/mol. The number of aliphatic imine (C=N–C) groups is 2. The molecule has 0 saturated carbocycles. The van der Waals surface area contributed by atoms with Crippen LogP contribution in [0, 0.1) is 11.2 Å². The first kappa shape index (κ1) is 18.7. The van der Waals surface area contributed by atoms with E-state index < -0.39 is 17.3 Å².